The first-order valence-corrected chi connectivity index (χ1v) is 13.1. The molecule has 10 nitrogen and oxygen atoms in total. The van der Waals surface area contributed by atoms with Crippen LogP contribution in [0.5, 0.6) is 0 Å². The Hall–Kier alpha value is -4.68. The Labute approximate surface area is 233 Å². The van der Waals surface area contributed by atoms with Crippen molar-refractivity contribution in [2.45, 2.75) is 31.4 Å². The highest BCUT2D eigenvalue weighted by Gasteiger charge is 2.40. The number of para-hydroxylation sites is 1. The second-order valence-corrected chi connectivity index (χ2v) is 9.98. The van der Waals surface area contributed by atoms with Crippen molar-refractivity contribution >= 4 is 11.9 Å². The van der Waals surface area contributed by atoms with Crippen molar-refractivity contribution in [2.24, 2.45) is 0 Å². The lowest BCUT2D eigenvalue weighted by molar-refractivity contribution is -0.141. The van der Waals surface area contributed by atoms with E-state index in [-0.39, 0.29) is 24.5 Å². The van der Waals surface area contributed by atoms with Gasteiger partial charge in [-0.2, -0.15) is 18.3 Å². The average Bonchev–Trinajstić information content (AvgIpc) is 3.66. The van der Waals surface area contributed by atoms with E-state index in [9.17, 15) is 22.8 Å². The molecule has 1 fully saturated rings. The zero-order valence-corrected chi connectivity index (χ0v) is 22.2. The van der Waals surface area contributed by atoms with E-state index in [4.69, 9.17) is 4.42 Å². The number of likely N-dealkylation sites (tertiary alicyclic amines) is 1. The topological polar surface area (TPSA) is 118 Å². The van der Waals surface area contributed by atoms with Gasteiger partial charge in [-0.15, -0.1) is 10.2 Å². The van der Waals surface area contributed by atoms with Gasteiger partial charge in [0.25, 0.3) is 5.91 Å². The highest BCUT2D eigenvalue weighted by molar-refractivity contribution is 5.95. The molecule has 2 N–H and O–H groups in total. The molecule has 13 heteroatoms. The number of hydrogen-bond acceptors (Lipinski definition) is 6. The number of piperidine rings is 1. The molecule has 1 aliphatic rings. The lowest BCUT2D eigenvalue weighted by atomic mass is 9.80. The summed E-state index contributed by atoms with van der Waals surface area (Å²) >= 11 is 0. The number of benzene rings is 2. The number of halogens is 3. The van der Waals surface area contributed by atoms with Gasteiger partial charge < -0.3 is 20.0 Å². The summed E-state index contributed by atoms with van der Waals surface area (Å²) in [5.41, 5.74) is -1.04. The Morgan fingerprint density at radius 3 is 2.24 bits per heavy atom. The van der Waals surface area contributed by atoms with Gasteiger partial charge in [-0.25, -0.2) is 9.48 Å². The minimum atomic E-state index is -4.81. The fraction of sp³-hybridized carbons (Fsp3) is 0.321. The van der Waals surface area contributed by atoms with Gasteiger partial charge in [-0.1, -0.05) is 43.3 Å². The number of carbonyl (C=O) groups is 2. The van der Waals surface area contributed by atoms with E-state index in [0.29, 0.717) is 43.4 Å². The number of alkyl halides is 3. The zero-order valence-electron chi connectivity index (χ0n) is 22.2. The SMILES string of the molecule is CC1(c2nnc(-c3ccccc3)o2)CCN(C(=O)NCCNC(=O)c2cn(-c3ccccc3)nc2C(F)(F)F)CC1. The molecule has 1 saturated heterocycles. The van der Waals surface area contributed by atoms with Gasteiger partial charge >= 0.3 is 12.2 Å². The molecule has 0 unspecified atom stereocenters. The van der Waals surface area contributed by atoms with Gasteiger partial charge in [0, 0.05) is 43.4 Å². The number of rotatable bonds is 7. The smallest absolute Gasteiger partial charge is 0.420 e. The number of amides is 3. The largest absolute Gasteiger partial charge is 0.435 e. The van der Waals surface area contributed by atoms with Crippen molar-refractivity contribution in [1.29, 1.82) is 0 Å². The van der Waals surface area contributed by atoms with Gasteiger partial charge in [0.2, 0.25) is 11.8 Å². The molecule has 41 heavy (non-hydrogen) atoms. The van der Waals surface area contributed by atoms with Crippen LogP contribution in [-0.4, -0.2) is 63.0 Å². The van der Waals surface area contributed by atoms with Crippen LogP contribution in [0, 0.1) is 0 Å². The Bertz CT molecular complexity index is 1500. The molecular formula is C28H28F3N7O3. The standard InChI is InChI=1S/C28H28F3N7O3/c1-27(25-35-34-24(41-25)19-8-4-2-5-9-19)12-16-37(17-13-27)26(40)33-15-14-32-23(39)21-18-38(20-10-6-3-7-11-20)36-22(21)28(29,30)31/h2-11,18H,12-17H2,1H3,(H,32,39)(H,33,40). The molecule has 0 spiro atoms. The van der Waals surface area contributed by atoms with Crippen LogP contribution in [0.2, 0.25) is 0 Å². The van der Waals surface area contributed by atoms with Crippen LogP contribution in [0.1, 0.15) is 41.7 Å². The molecule has 1 aliphatic heterocycles. The average molecular weight is 568 g/mol. The first kappa shape index (κ1) is 27.9. The van der Waals surface area contributed by atoms with Crippen LogP contribution in [0.4, 0.5) is 18.0 Å². The number of nitrogens with zero attached hydrogens (tertiary/aromatic N) is 5. The van der Waals surface area contributed by atoms with E-state index in [2.05, 4.69) is 25.9 Å². The van der Waals surface area contributed by atoms with Crippen molar-refractivity contribution in [3.63, 3.8) is 0 Å². The van der Waals surface area contributed by atoms with Crippen molar-refractivity contribution in [1.82, 2.24) is 35.5 Å². The second-order valence-electron chi connectivity index (χ2n) is 9.98. The summed E-state index contributed by atoms with van der Waals surface area (Å²) in [5.74, 6) is 0.0312. The summed E-state index contributed by atoms with van der Waals surface area (Å²) in [6.45, 7) is 2.90. The molecular weight excluding hydrogens is 539 g/mol. The van der Waals surface area contributed by atoms with Crippen molar-refractivity contribution < 1.29 is 27.2 Å². The molecule has 0 saturated carbocycles. The monoisotopic (exact) mass is 567 g/mol. The fourth-order valence-corrected chi connectivity index (χ4v) is 4.60. The van der Waals surface area contributed by atoms with Crippen molar-refractivity contribution in [3.8, 4) is 17.1 Å². The molecule has 5 rings (SSSR count). The fourth-order valence-electron chi connectivity index (χ4n) is 4.60. The third-order valence-corrected chi connectivity index (χ3v) is 7.05. The minimum absolute atomic E-state index is 0.0383. The van der Waals surface area contributed by atoms with Gasteiger partial charge in [-0.3, -0.25) is 4.79 Å². The predicted molar refractivity (Wildman–Crippen MR) is 142 cm³/mol. The first-order valence-electron chi connectivity index (χ1n) is 13.1. The minimum Gasteiger partial charge on any atom is -0.420 e. The lowest BCUT2D eigenvalue weighted by Crippen LogP contribution is -2.49. The molecule has 0 aliphatic carbocycles. The summed E-state index contributed by atoms with van der Waals surface area (Å²) < 4.78 is 47.6. The van der Waals surface area contributed by atoms with Gasteiger partial charge in [0.05, 0.1) is 11.3 Å². The van der Waals surface area contributed by atoms with Crippen LogP contribution in [0.15, 0.2) is 71.3 Å². The van der Waals surface area contributed by atoms with E-state index in [0.717, 1.165) is 16.4 Å². The van der Waals surface area contributed by atoms with Crippen molar-refractivity contribution in [2.75, 3.05) is 26.2 Å². The number of nitrogens with one attached hydrogen (secondary N) is 2. The first-order chi connectivity index (χ1) is 19.6. The summed E-state index contributed by atoms with van der Waals surface area (Å²) in [7, 11) is 0. The maximum Gasteiger partial charge on any atom is 0.435 e. The molecule has 2 aromatic heterocycles. The van der Waals surface area contributed by atoms with E-state index >= 15 is 0 Å². The molecule has 0 radical (unpaired) electrons. The van der Waals surface area contributed by atoms with Gasteiger partial charge in [0.1, 0.15) is 0 Å². The molecule has 2 aromatic carbocycles. The maximum atomic E-state index is 13.5. The normalized spacial score (nSPS) is 15.0. The van der Waals surface area contributed by atoms with Crippen LogP contribution in [-0.2, 0) is 11.6 Å². The number of hydrogen-bond donors (Lipinski definition) is 2. The van der Waals surface area contributed by atoms with Gasteiger partial charge in [-0.05, 0) is 37.1 Å². The Morgan fingerprint density at radius 1 is 0.951 bits per heavy atom. The molecule has 214 valence electrons. The Morgan fingerprint density at radius 2 is 1.59 bits per heavy atom. The number of carbonyl (C=O) groups excluding carboxylic acids is 2. The number of aromatic nitrogens is 4. The third kappa shape index (κ3) is 6.23. The lowest BCUT2D eigenvalue weighted by Gasteiger charge is -2.37. The molecule has 0 bridgehead atoms. The third-order valence-electron chi connectivity index (χ3n) is 7.05. The quantitative estimate of drug-likeness (QED) is 0.319. The summed E-state index contributed by atoms with van der Waals surface area (Å²) in [6.07, 6.45) is -2.55. The van der Waals surface area contributed by atoms with Crippen LogP contribution in [0.25, 0.3) is 17.1 Å². The van der Waals surface area contributed by atoms with E-state index < -0.39 is 23.3 Å². The Balaban J connectivity index is 1.11. The van der Waals surface area contributed by atoms with Crippen LogP contribution in [0.3, 0.4) is 0 Å². The van der Waals surface area contributed by atoms with E-state index in [1.165, 1.54) is 0 Å². The predicted octanol–water partition coefficient (Wildman–Crippen LogP) is 4.43. The summed E-state index contributed by atoms with van der Waals surface area (Å²) in [5, 5.41) is 17.1. The summed E-state index contributed by atoms with van der Waals surface area (Å²) in [4.78, 5) is 26.9. The van der Waals surface area contributed by atoms with Gasteiger partial charge in [0.15, 0.2) is 5.69 Å². The second kappa shape index (κ2) is 11.4. The highest BCUT2D eigenvalue weighted by Crippen LogP contribution is 2.35. The van der Waals surface area contributed by atoms with Crippen LogP contribution >= 0.6 is 0 Å². The van der Waals surface area contributed by atoms with E-state index in [1.54, 1.807) is 35.2 Å². The van der Waals surface area contributed by atoms with E-state index in [1.807, 2.05) is 37.3 Å². The number of urea groups is 1. The Kier molecular flexibility index (Phi) is 7.77. The van der Waals surface area contributed by atoms with Crippen LogP contribution < -0.4 is 10.6 Å². The molecule has 3 heterocycles. The zero-order chi connectivity index (χ0) is 29.0. The molecule has 0 atom stereocenters. The highest BCUT2D eigenvalue weighted by atomic mass is 19.4. The molecule has 3 amide bonds. The maximum absolute atomic E-state index is 13.5. The summed E-state index contributed by atoms with van der Waals surface area (Å²) in [6, 6.07) is 17.3. The molecule has 4 aromatic rings. The van der Waals surface area contributed by atoms with Crippen molar-refractivity contribution in [3.05, 3.63) is 84.0 Å².